The van der Waals surface area contributed by atoms with Gasteiger partial charge in [-0.25, -0.2) is 22.3 Å². The van der Waals surface area contributed by atoms with Crippen LogP contribution < -0.4 is 10.5 Å². The Hall–Kier alpha value is -4.41. The second-order valence-corrected chi connectivity index (χ2v) is 11.1. The van der Waals surface area contributed by atoms with Crippen molar-refractivity contribution in [2.24, 2.45) is 5.14 Å². The van der Waals surface area contributed by atoms with E-state index in [0.29, 0.717) is 28.8 Å². The van der Waals surface area contributed by atoms with Gasteiger partial charge in [0.25, 0.3) is 0 Å². The number of primary sulfonamides is 1. The van der Waals surface area contributed by atoms with Crippen LogP contribution in [0.5, 0.6) is 5.75 Å². The molecule has 40 heavy (non-hydrogen) atoms. The fourth-order valence-corrected chi connectivity index (χ4v) is 5.43. The molecular weight excluding hydrogens is 536 g/mol. The second-order valence-electron chi connectivity index (χ2n) is 9.56. The predicted molar refractivity (Wildman–Crippen MR) is 146 cm³/mol. The Morgan fingerprint density at radius 1 is 1.00 bits per heavy atom. The van der Waals surface area contributed by atoms with Crippen molar-refractivity contribution in [1.82, 2.24) is 10.3 Å². The van der Waals surface area contributed by atoms with Crippen LogP contribution in [-0.2, 0) is 27.7 Å². The molecule has 7 nitrogen and oxygen atoms in total. The number of hydrogen-bond donors (Lipinski definition) is 3. The van der Waals surface area contributed by atoms with Gasteiger partial charge in [-0.1, -0.05) is 30.3 Å². The largest absolute Gasteiger partial charge is 0.508 e. The number of fused-ring (bicyclic) bond motifs is 1. The van der Waals surface area contributed by atoms with Crippen molar-refractivity contribution in [3.05, 3.63) is 119 Å². The molecule has 0 aliphatic heterocycles. The highest BCUT2D eigenvalue weighted by Crippen LogP contribution is 2.34. The fraction of sp³-hybridized carbons (Fsp3) is 0.133. The topological polar surface area (TPSA) is 122 Å². The first-order valence-corrected chi connectivity index (χ1v) is 14.0. The third-order valence-electron chi connectivity index (χ3n) is 6.72. The standard InChI is InChI=1S/C30H25F2N3O4S/c31-22-12-18(13-23(32)16-22)14-28(35-29(37)15-21-4-3-20-5-8-24(36)17-27(20)21)30-26(2-1-11-34-30)19-6-9-25(10-7-19)40(33,38)39/h1-2,4-13,16-17,28,36H,3,14-15H2,(H,35,37)(H2,33,38,39)/t28-/m0/s1. The molecule has 4 N–H and O–H groups in total. The first kappa shape index (κ1) is 27.2. The molecule has 0 fully saturated rings. The van der Waals surface area contributed by atoms with Gasteiger partial charge in [-0.2, -0.15) is 0 Å². The van der Waals surface area contributed by atoms with E-state index in [9.17, 15) is 27.1 Å². The van der Waals surface area contributed by atoms with Crippen molar-refractivity contribution in [2.75, 3.05) is 0 Å². The molecule has 1 heterocycles. The van der Waals surface area contributed by atoms with E-state index in [2.05, 4.69) is 10.3 Å². The number of sulfonamides is 1. The Balaban J connectivity index is 1.48. The number of nitrogens with one attached hydrogen (secondary N) is 1. The third-order valence-corrected chi connectivity index (χ3v) is 7.65. The predicted octanol–water partition coefficient (Wildman–Crippen LogP) is 4.81. The van der Waals surface area contributed by atoms with Crippen LogP contribution in [0.1, 0.15) is 34.8 Å². The van der Waals surface area contributed by atoms with Crippen LogP contribution in [0.3, 0.4) is 0 Å². The summed E-state index contributed by atoms with van der Waals surface area (Å²) in [4.78, 5) is 17.8. The number of phenols is 1. The number of rotatable bonds is 8. The van der Waals surface area contributed by atoms with Crippen LogP contribution in [0.25, 0.3) is 16.7 Å². The van der Waals surface area contributed by atoms with Crippen LogP contribution in [0.15, 0.2) is 90.0 Å². The summed E-state index contributed by atoms with van der Waals surface area (Å²) in [6.07, 6.45) is 4.18. The number of carbonyl (C=O) groups is 1. The van der Waals surface area contributed by atoms with E-state index in [4.69, 9.17) is 5.14 Å². The van der Waals surface area contributed by atoms with Gasteiger partial charge in [0, 0.05) is 17.8 Å². The minimum Gasteiger partial charge on any atom is -0.508 e. The molecule has 0 bridgehead atoms. The third kappa shape index (κ3) is 6.08. The molecule has 1 amide bonds. The lowest BCUT2D eigenvalue weighted by Gasteiger charge is -2.22. The van der Waals surface area contributed by atoms with Gasteiger partial charge in [-0.3, -0.25) is 9.78 Å². The maximum Gasteiger partial charge on any atom is 0.238 e. The first-order valence-electron chi connectivity index (χ1n) is 12.4. The lowest BCUT2D eigenvalue weighted by molar-refractivity contribution is -0.120. The number of aromatic hydroxyl groups is 1. The molecule has 0 spiro atoms. The maximum absolute atomic E-state index is 14.0. The van der Waals surface area contributed by atoms with Gasteiger partial charge in [-0.15, -0.1) is 0 Å². The number of halogens is 2. The molecule has 10 heteroatoms. The van der Waals surface area contributed by atoms with Crippen molar-refractivity contribution in [1.29, 1.82) is 0 Å². The van der Waals surface area contributed by atoms with Crippen LogP contribution in [0.4, 0.5) is 8.78 Å². The molecule has 0 radical (unpaired) electrons. The quantitative estimate of drug-likeness (QED) is 0.285. The molecule has 1 atom stereocenters. The lowest BCUT2D eigenvalue weighted by Crippen LogP contribution is -2.31. The summed E-state index contributed by atoms with van der Waals surface area (Å²) in [6.45, 7) is 0. The Kier molecular flexibility index (Phi) is 7.46. The Morgan fingerprint density at radius 2 is 1.73 bits per heavy atom. The number of aromatic nitrogens is 1. The van der Waals surface area contributed by atoms with Crippen molar-refractivity contribution >= 4 is 21.5 Å². The minimum absolute atomic E-state index is 0.0235. The SMILES string of the molecule is NS(=O)(=O)c1ccc(-c2cccnc2[C@H](Cc2cc(F)cc(F)c2)NC(=O)CC2=CCc3ccc(O)cc32)cc1. The number of carbonyl (C=O) groups excluding carboxylic acids is 1. The van der Waals surface area contributed by atoms with Gasteiger partial charge >= 0.3 is 0 Å². The van der Waals surface area contributed by atoms with Gasteiger partial charge in [0.05, 0.1) is 23.1 Å². The van der Waals surface area contributed by atoms with Crippen molar-refractivity contribution in [2.45, 2.75) is 30.2 Å². The number of nitrogens with two attached hydrogens (primary N) is 1. The molecule has 3 aromatic carbocycles. The zero-order valence-electron chi connectivity index (χ0n) is 21.1. The maximum atomic E-state index is 14.0. The smallest absolute Gasteiger partial charge is 0.238 e. The Labute approximate surface area is 230 Å². The normalized spacial score (nSPS) is 13.4. The van der Waals surface area contributed by atoms with Crippen molar-refractivity contribution in [3.8, 4) is 16.9 Å². The zero-order valence-corrected chi connectivity index (χ0v) is 22.0. The van der Waals surface area contributed by atoms with E-state index >= 15 is 0 Å². The molecule has 1 aliphatic carbocycles. The van der Waals surface area contributed by atoms with Crippen LogP contribution in [0, 0.1) is 11.6 Å². The molecule has 0 saturated carbocycles. The number of pyridine rings is 1. The average molecular weight is 562 g/mol. The highest BCUT2D eigenvalue weighted by molar-refractivity contribution is 7.89. The number of hydrogen-bond acceptors (Lipinski definition) is 5. The number of phenolic OH excluding ortho intramolecular Hbond substituents is 1. The summed E-state index contributed by atoms with van der Waals surface area (Å²) in [5.74, 6) is -1.73. The van der Waals surface area contributed by atoms with Gasteiger partial charge in [-0.05, 0) is 83.1 Å². The molecular formula is C30H25F2N3O4S. The number of nitrogens with zero attached hydrogens (tertiary/aromatic N) is 1. The molecule has 4 aromatic rings. The monoisotopic (exact) mass is 561 g/mol. The van der Waals surface area contributed by atoms with E-state index in [0.717, 1.165) is 22.8 Å². The van der Waals surface area contributed by atoms with Crippen LogP contribution in [-0.4, -0.2) is 24.4 Å². The molecule has 5 rings (SSSR count). The average Bonchev–Trinajstić information content (AvgIpc) is 3.28. The van der Waals surface area contributed by atoms with Crippen LogP contribution in [0.2, 0.25) is 0 Å². The second kappa shape index (κ2) is 11.0. The number of amides is 1. The first-order chi connectivity index (χ1) is 19.1. The summed E-state index contributed by atoms with van der Waals surface area (Å²) < 4.78 is 51.5. The van der Waals surface area contributed by atoms with E-state index < -0.39 is 27.7 Å². The summed E-state index contributed by atoms with van der Waals surface area (Å²) in [6, 6.07) is 16.8. The molecule has 0 unspecified atom stereocenters. The van der Waals surface area contributed by atoms with E-state index in [1.807, 2.05) is 12.1 Å². The van der Waals surface area contributed by atoms with Gasteiger partial charge in [0.1, 0.15) is 17.4 Å². The minimum atomic E-state index is -3.89. The van der Waals surface area contributed by atoms with Gasteiger partial charge in [0.15, 0.2) is 0 Å². The summed E-state index contributed by atoms with van der Waals surface area (Å²) >= 11 is 0. The molecule has 1 aliphatic rings. The highest BCUT2D eigenvalue weighted by atomic mass is 32.2. The van der Waals surface area contributed by atoms with E-state index in [1.165, 1.54) is 24.3 Å². The number of allylic oxidation sites excluding steroid dienone is 1. The zero-order chi connectivity index (χ0) is 28.4. The van der Waals surface area contributed by atoms with Gasteiger partial charge < -0.3 is 10.4 Å². The summed E-state index contributed by atoms with van der Waals surface area (Å²) in [7, 11) is -3.89. The Morgan fingerprint density at radius 3 is 2.42 bits per heavy atom. The Bertz CT molecular complexity index is 1720. The summed E-state index contributed by atoms with van der Waals surface area (Å²) in [5, 5.41) is 18.1. The van der Waals surface area contributed by atoms with Crippen molar-refractivity contribution in [3.63, 3.8) is 0 Å². The molecule has 0 saturated heterocycles. The van der Waals surface area contributed by atoms with Crippen LogP contribution >= 0.6 is 0 Å². The van der Waals surface area contributed by atoms with Gasteiger partial charge in [0.2, 0.25) is 15.9 Å². The number of benzene rings is 3. The summed E-state index contributed by atoms with van der Waals surface area (Å²) in [5.41, 5.74) is 4.53. The fourth-order valence-electron chi connectivity index (χ4n) is 4.91. The highest BCUT2D eigenvalue weighted by Gasteiger charge is 2.24. The van der Waals surface area contributed by atoms with E-state index in [1.54, 1.807) is 42.6 Å². The lowest BCUT2D eigenvalue weighted by atomic mass is 9.95. The molecule has 204 valence electrons. The van der Waals surface area contributed by atoms with E-state index in [-0.39, 0.29) is 29.4 Å². The van der Waals surface area contributed by atoms with Crippen molar-refractivity contribution < 1.29 is 27.1 Å². The molecule has 1 aromatic heterocycles.